The van der Waals surface area contributed by atoms with Gasteiger partial charge in [0.15, 0.2) is 0 Å². The lowest BCUT2D eigenvalue weighted by Gasteiger charge is -1.97. The van der Waals surface area contributed by atoms with Crippen LogP contribution in [0.1, 0.15) is 57.4 Å². The highest BCUT2D eigenvalue weighted by molar-refractivity contribution is 5.14. The topological polar surface area (TPSA) is 0 Å². The average Bonchev–Trinajstić information content (AvgIpc) is 2.38. The van der Waals surface area contributed by atoms with Crippen LogP contribution in [0.2, 0.25) is 0 Å². The minimum Gasteiger partial charge on any atom is -0.103 e. The number of aryl methyl sites for hydroxylation is 1. The molecule has 0 N–H and O–H groups in total. The summed E-state index contributed by atoms with van der Waals surface area (Å²) in [4.78, 5) is 0. The molecule has 0 saturated carbocycles. The fourth-order valence-corrected chi connectivity index (χ4v) is 1.84. The minimum absolute atomic E-state index is 1.04. The Morgan fingerprint density at radius 3 is 2.24 bits per heavy atom. The van der Waals surface area contributed by atoms with Crippen LogP contribution in [0, 0.1) is 11.8 Å². The van der Waals surface area contributed by atoms with Crippen LogP contribution in [-0.2, 0) is 6.42 Å². The maximum atomic E-state index is 3.28. The monoisotopic (exact) mass is 228 g/mol. The van der Waals surface area contributed by atoms with E-state index in [0.29, 0.717) is 0 Å². The smallest absolute Gasteiger partial charge is 0.00918 e. The van der Waals surface area contributed by atoms with Crippen LogP contribution in [0.3, 0.4) is 0 Å². The van der Waals surface area contributed by atoms with E-state index in [2.05, 4.69) is 49.1 Å². The standard InChI is InChI=1S/C17H24/c1-2-3-4-5-6-7-8-9-11-14-17-15-12-10-13-16-17/h10,12-13,15-16H,2-6,9,11,14H2,1H3. The third-order valence-electron chi connectivity index (χ3n) is 2.89. The van der Waals surface area contributed by atoms with E-state index in [0.717, 1.165) is 19.3 Å². The Morgan fingerprint density at radius 1 is 0.824 bits per heavy atom. The molecule has 0 heteroatoms. The van der Waals surface area contributed by atoms with E-state index in [9.17, 15) is 0 Å². The van der Waals surface area contributed by atoms with E-state index < -0.39 is 0 Å². The lowest BCUT2D eigenvalue weighted by molar-refractivity contribution is 0.679. The molecule has 0 unspecified atom stereocenters. The number of benzene rings is 1. The Morgan fingerprint density at radius 2 is 1.53 bits per heavy atom. The molecule has 0 fully saturated rings. The number of hydrogen-bond donors (Lipinski definition) is 0. The van der Waals surface area contributed by atoms with E-state index in [1.54, 1.807) is 0 Å². The van der Waals surface area contributed by atoms with Crippen molar-refractivity contribution >= 4 is 0 Å². The van der Waals surface area contributed by atoms with Gasteiger partial charge in [0.25, 0.3) is 0 Å². The molecule has 0 aromatic heterocycles. The largest absolute Gasteiger partial charge is 0.103 e. The summed E-state index contributed by atoms with van der Waals surface area (Å²) in [6.45, 7) is 2.25. The first-order valence-electron chi connectivity index (χ1n) is 6.93. The highest BCUT2D eigenvalue weighted by Gasteiger charge is 1.89. The molecular formula is C17H24. The molecule has 0 atom stereocenters. The summed E-state index contributed by atoms with van der Waals surface area (Å²) in [6, 6.07) is 10.7. The van der Waals surface area contributed by atoms with Gasteiger partial charge in [-0.25, -0.2) is 0 Å². The normalized spacial score (nSPS) is 9.71. The summed E-state index contributed by atoms with van der Waals surface area (Å²) in [6.07, 6.45) is 9.76. The molecule has 0 heterocycles. The van der Waals surface area contributed by atoms with Gasteiger partial charge in [-0.1, -0.05) is 56.5 Å². The molecule has 0 spiro atoms. The second kappa shape index (κ2) is 9.97. The van der Waals surface area contributed by atoms with Gasteiger partial charge in [0.2, 0.25) is 0 Å². The van der Waals surface area contributed by atoms with Gasteiger partial charge in [0.1, 0.15) is 0 Å². The number of hydrogen-bond acceptors (Lipinski definition) is 0. The van der Waals surface area contributed by atoms with Crippen molar-refractivity contribution in [2.24, 2.45) is 0 Å². The molecule has 1 aromatic rings. The summed E-state index contributed by atoms with van der Waals surface area (Å²) in [5.41, 5.74) is 1.43. The Bertz CT molecular complexity index is 326. The highest BCUT2D eigenvalue weighted by atomic mass is 13.9. The minimum atomic E-state index is 1.04. The molecule has 1 rings (SSSR count). The third-order valence-corrected chi connectivity index (χ3v) is 2.89. The second-order valence-electron chi connectivity index (χ2n) is 4.50. The first kappa shape index (κ1) is 13.8. The van der Waals surface area contributed by atoms with Gasteiger partial charge >= 0.3 is 0 Å². The van der Waals surface area contributed by atoms with Crippen LogP contribution >= 0.6 is 0 Å². The zero-order valence-electron chi connectivity index (χ0n) is 11.0. The summed E-state index contributed by atoms with van der Waals surface area (Å²) in [7, 11) is 0. The molecule has 1 aromatic carbocycles. The predicted octanol–water partition coefficient (Wildman–Crippen LogP) is 4.98. The SMILES string of the molecule is CCCCCCC#CCCCc1ccccc1. The van der Waals surface area contributed by atoms with Gasteiger partial charge in [0, 0.05) is 12.8 Å². The summed E-state index contributed by atoms with van der Waals surface area (Å²) in [5, 5.41) is 0. The maximum absolute atomic E-state index is 3.28. The fourth-order valence-electron chi connectivity index (χ4n) is 1.84. The molecule has 0 aliphatic rings. The molecule has 0 aliphatic carbocycles. The van der Waals surface area contributed by atoms with Crippen LogP contribution < -0.4 is 0 Å². The molecule has 0 amide bonds. The average molecular weight is 228 g/mol. The quantitative estimate of drug-likeness (QED) is 0.456. The zero-order valence-corrected chi connectivity index (χ0v) is 11.0. The second-order valence-corrected chi connectivity index (χ2v) is 4.50. The Labute approximate surface area is 106 Å². The van der Waals surface area contributed by atoms with Crippen molar-refractivity contribution in [1.82, 2.24) is 0 Å². The maximum Gasteiger partial charge on any atom is 0.00918 e. The zero-order chi connectivity index (χ0) is 12.2. The molecule has 17 heavy (non-hydrogen) atoms. The van der Waals surface area contributed by atoms with Gasteiger partial charge in [-0.05, 0) is 24.8 Å². The Kier molecular flexibility index (Phi) is 8.12. The van der Waals surface area contributed by atoms with Crippen LogP contribution in [0.5, 0.6) is 0 Å². The van der Waals surface area contributed by atoms with Crippen molar-refractivity contribution in [2.75, 3.05) is 0 Å². The number of rotatable bonds is 7. The van der Waals surface area contributed by atoms with Gasteiger partial charge < -0.3 is 0 Å². The van der Waals surface area contributed by atoms with Gasteiger partial charge in [-0.3, -0.25) is 0 Å². The van der Waals surface area contributed by atoms with Gasteiger partial charge in [-0.2, -0.15) is 0 Å². The predicted molar refractivity (Wildman–Crippen MR) is 75.9 cm³/mol. The van der Waals surface area contributed by atoms with E-state index >= 15 is 0 Å². The summed E-state index contributed by atoms with van der Waals surface area (Å²) >= 11 is 0. The van der Waals surface area contributed by atoms with Gasteiger partial charge in [-0.15, -0.1) is 11.8 Å². The lowest BCUT2D eigenvalue weighted by atomic mass is 10.1. The first-order valence-corrected chi connectivity index (χ1v) is 6.93. The fraction of sp³-hybridized carbons (Fsp3) is 0.529. The Balaban J connectivity index is 1.99. The van der Waals surface area contributed by atoms with Crippen LogP contribution in [-0.4, -0.2) is 0 Å². The van der Waals surface area contributed by atoms with E-state index in [1.165, 1.54) is 37.7 Å². The van der Waals surface area contributed by atoms with Gasteiger partial charge in [0.05, 0.1) is 0 Å². The van der Waals surface area contributed by atoms with Crippen molar-refractivity contribution in [3.8, 4) is 11.8 Å². The Hall–Kier alpha value is -1.22. The third kappa shape index (κ3) is 7.64. The van der Waals surface area contributed by atoms with E-state index in [1.807, 2.05) is 0 Å². The lowest BCUT2D eigenvalue weighted by Crippen LogP contribution is -1.83. The summed E-state index contributed by atoms with van der Waals surface area (Å²) in [5.74, 6) is 6.56. The molecule has 0 radical (unpaired) electrons. The molecule has 0 aliphatic heterocycles. The van der Waals surface area contributed by atoms with Crippen molar-refractivity contribution in [3.05, 3.63) is 35.9 Å². The number of unbranched alkanes of at least 4 members (excludes halogenated alkanes) is 5. The summed E-state index contributed by atoms with van der Waals surface area (Å²) < 4.78 is 0. The van der Waals surface area contributed by atoms with Crippen molar-refractivity contribution in [1.29, 1.82) is 0 Å². The van der Waals surface area contributed by atoms with Crippen molar-refractivity contribution < 1.29 is 0 Å². The molecule has 0 saturated heterocycles. The molecule has 92 valence electrons. The van der Waals surface area contributed by atoms with Crippen LogP contribution in [0.15, 0.2) is 30.3 Å². The van der Waals surface area contributed by atoms with Crippen LogP contribution in [0.4, 0.5) is 0 Å². The molecule has 0 bridgehead atoms. The highest BCUT2D eigenvalue weighted by Crippen LogP contribution is 2.04. The van der Waals surface area contributed by atoms with E-state index in [4.69, 9.17) is 0 Å². The molecular weight excluding hydrogens is 204 g/mol. The van der Waals surface area contributed by atoms with E-state index in [-0.39, 0.29) is 0 Å². The van der Waals surface area contributed by atoms with Crippen LogP contribution in [0.25, 0.3) is 0 Å². The molecule has 0 nitrogen and oxygen atoms in total. The first-order chi connectivity index (χ1) is 8.43. The van der Waals surface area contributed by atoms with Crippen molar-refractivity contribution in [3.63, 3.8) is 0 Å². The van der Waals surface area contributed by atoms with Crippen molar-refractivity contribution in [2.45, 2.75) is 58.3 Å².